The summed E-state index contributed by atoms with van der Waals surface area (Å²) in [6, 6.07) is 54.1. The minimum Gasteiger partial charge on any atom is -0.456 e. The van der Waals surface area contributed by atoms with Crippen molar-refractivity contribution in [2.24, 2.45) is 0 Å². The summed E-state index contributed by atoms with van der Waals surface area (Å²) >= 11 is 0. The van der Waals surface area contributed by atoms with Crippen molar-refractivity contribution < 1.29 is 13.3 Å². The molecule has 0 N–H and O–H groups in total. The monoisotopic (exact) mass is 880 g/mol. The molecule has 3 aliphatic rings. The van der Waals surface area contributed by atoms with Gasteiger partial charge in [0.05, 0.1) is 11.0 Å². The second-order valence-corrected chi connectivity index (χ2v) is 22.3. The summed E-state index contributed by atoms with van der Waals surface area (Å²) in [6.07, 6.45) is 2.31. The van der Waals surface area contributed by atoms with Gasteiger partial charge in [0, 0.05) is 72.0 Å². The Hall–Kier alpha value is -7.44. The highest BCUT2D eigenvalue weighted by Gasteiger charge is 2.45. The highest BCUT2D eigenvalue weighted by atomic mass is 16.3. The van der Waals surface area contributed by atoms with E-state index in [4.69, 9.17) is 13.3 Å². The van der Waals surface area contributed by atoms with Gasteiger partial charge in [-0.05, 0) is 123 Å². The van der Waals surface area contributed by atoms with Crippen molar-refractivity contribution >= 4 is 106 Å². The average molecular weight is 881 g/mol. The number of rotatable bonds is 2. The van der Waals surface area contributed by atoms with Crippen molar-refractivity contribution in [3.05, 3.63) is 162 Å². The molecule has 328 valence electrons. The number of furan rings is 3. The van der Waals surface area contributed by atoms with Gasteiger partial charge in [-0.2, -0.15) is 0 Å². The van der Waals surface area contributed by atoms with Crippen LogP contribution in [0.1, 0.15) is 78.0 Å². The molecule has 0 spiro atoms. The van der Waals surface area contributed by atoms with E-state index in [1.54, 1.807) is 0 Å². The van der Waals surface area contributed by atoms with Crippen molar-refractivity contribution in [2.75, 3.05) is 4.81 Å². The van der Waals surface area contributed by atoms with Crippen molar-refractivity contribution in [2.45, 2.75) is 77.6 Å². The van der Waals surface area contributed by atoms with E-state index in [1.807, 2.05) is 6.07 Å². The molecule has 0 saturated carbocycles. The molecule has 15 rings (SSSR count). The maximum Gasteiger partial charge on any atom is 0.333 e. The third-order valence-electron chi connectivity index (χ3n) is 16.4. The van der Waals surface area contributed by atoms with Crippen LogP contribution in [0.5, 0.6) is 0 Å². The Balaban J connectivity index is 1.08. The molecule has 0 saturated heterocycles. The Morgan fingerprint density at radius 1 is 0.515 bits per heavy atom. The first kappa shape index (κ1) is 38.6. The van der Waals surface area contributed by atoms with E-state index < -0.39 is 0 Å². The third-order valence-corrected chi connectivity index (χ3v) is 16.4. The fraction of sp³-hybridized carbons (Fsp3) is 0.194. The van der Waals surface area contributed by atoms with Crippen LogP contribution >= 0.6 is 0 Å². The van der Waals surface area contributed by atoms with E-state index in [-0.39, 0.29) is 23.1 Å². The summed E-state index contributed by atoms with van der Waals surface area (Å²) in [5, 5.41) is 8.02. The standard InChI is InChI=1S/C62H49BN2O3/c1-60(2,3)36-17-19-37(20-18-36)65-50-29-45-43-27-46-47(62(6,7)24-23-61(46,4)5)32-57(43)68-56(45)30-41(50)39-21-22-40-42-31-55-44(38-15-11-12-16-52(38)66-55)28-49(42)64-51-33-54-35(25-48(51)63(65)58(39)59(40)64)26-53(67-54)34-13-9-8-10-14-34/h8-22,25-33H,23-24H2,1-7H3. The highest BCUT2D eigenvalue weighted by Crippen LogP contribution is 2.52. The SMILES string of the molecule is CC(C)(C)c1ccc(N2B3c4cc5cc(-c6ccccc6)oc5cc4-n4c5cc6c(cc5c5ccc(c3c54)-c3cc4oc5cc7c(cc5c4cc32)C(C)(C)CCC7(C)C)oc2ccccc26)cc1. The quantitative estimate of drug-likeness (QED) is 0.162. The molecule has 8 aromatic carbocycles. The molecule has 0 amide bonds. The molecule has 68 heavy (non-hydrogen) atoms. The van der Waals surface area contributed by atoms with Gasteiger partial charge in [-0.1, -0.05) is 127 Å². The van der Waals surface area contributed by atoms with Gasteiger partial charge in [0.1, 0.15) is 33.7 Å². The van der Waals surface area contributed by atoms with E-state index in [1.165, 1.54) is 66.1 Å². The summed E-state index contributed by atoms with van der Waals surface area (Å²) in [4.78, 5) is 2.64. The second-order valence-electron chi connectivity index (χ2n) is 22.3. The van der Waals surface area contributed by atoms with E-state index in [0.29, 0.717) is 0 Å². The molecular weight excluding hydrogens is 832 g/mol. The molecule has 6 heterocycles. The summed E-state index contributed by atoms with van der Waals surface area (Å²) < 4.78 is 23.0. The first-order valence-corrected chi connectivity index (χ1v) is 24.3. The normalized spacial score (nSPS) is 15.9. The lowest BCUT2D eigenvalue weighted by atomic mass is 9.44. The predicted octanol–water partition coefficient (Wildman–Crippen LogP) is 15.9. The van der Waals surface area contributed by atoms with Gasteiger partial charge in [0.15, 0.2) is 0 Å². The lowest BCUT2D eigenvalue weighted by Gasteiger charge is -2.42. The first-order chi connectivity index (χ1) is 32.8. The fourth-order valence-electron chi connectivity index (χ4n) is 12.6. The van der Waals surface area contributed by atoms with Crippen molar-refractivity contribution in [3.8, 4) is 28.1 Å². The van der Waals surface area contributed by atoms with Gasteiger partial charge in [0.25, 0.3) is 0 Å². The van der Waals surface area contributed by atoms with Crippen molar-refractivity contribution in [1.29, 1.82) is 0 Å². The van der Waals surface area contributed by atoms with E-state index >= 15 is 0 Å². The Morgan fingerprint density at radius 3 is 2.00 bits per heavy atom. The van der Waals surface area contributed by atoms with E-state index in [0.717, 1.165) is 90.5 Å². The maximum atomic E-state index is 7.02. The topological polar surface area (TPSA) is 47.6 Å². The number of aromatic nitrogens is 1. The van der Waals surface area contributed by atoms with Gasteiger partial charge in [-0.15, -0.1) is 0 Å². The average Bonchev–Trinajstić information content (AvgIpc) is 4.10. The molecule has 6 heteroatoms. The predicted molar refractivity (Wildman–Crippen MR) is 284 cm³/mol. The zero-order valence-electron chi connectivity index (χ0n) is 39.5. The largest absolute Gasteiger partial charge is 0.456 e. The minimum absolute atomic E-state index is 0.00664. The zero-order valence-corrected chi connectivity index (χ0v) is 39.5. The highest BCUT2D eigenvalue weighted by molar-refractivity contribution is 6.94. The number of hydrogen-bond donors (Lipinski definition) is 0. The number of benzene rings is 8. The third kappa shape index (κ3) is 5.07. The van der Waals surface area contributed by atoms with Gasteiger partial charge in [-0.3, -0.25) is 0 Å². The molecule has 0 fully saturated rings. The van der Waals surface area contributed by atoms with Gasteiger partial charge >= 0.3 is 6.85 Å². The molecule has 5 nitrogen and oxygen atoms in total. The summed E-state index contributed by atoms with van der Waals surface area (Å²) in [5.74, 6) is 0.863. The minimum atomic E-state index is -0.167. The Morgan fingerprint density at radius 2 is 1.21 bits per heavy atom. The van der Waals surface area contributed by atoms with Crippen molar-refractivity contribution in [1.82, 2.24) is 4.57 Å². The number of fused-ring (bicyclic) bond motifs is 16. The Labute approximate surface area is 394 Å². The summed E-state index contributed by atoms with van der Waals surface area (Å²) in [6.45, 7) is 16.3. The first-order valence-electron chi connectivity index (χ1n) is 24.3. The van der Waals surface area contributed by atoms with Crippen LogP contribution in [0, 0.1) is 0 Å². The van der Waals surface area contributed by atoms with Gasteiger partial charge in [-0.25, -0.2) is 0 Å². The molecule has 0 unspecified atom stereocenters. The van der Waals surface area contributed by atoms with Gasteiger partial charge < -0.3 is 22.6 Å². The smallest absolute Gasteiger partial charge is 0.333 e. The number of nitrogens with zero attached hydrogens (tertiary/aromatic N) is 2. The van der Waals surface area contributed by atoms with Crippen LogP contribution in [-0.2, 0) is 16.2 Å². The molecule has 12 aromatic rings. The van der Waals surface area contributed by atoms with Crippen LogP contribution in [0.4, 0.5) is 11.4 Å². The van der Waals surface area contributed by atoms with Gasteiger partial charge in [0.2, 0.25) is 0 Å². The zero-order chi connectivity index (χ0) is 45.7. The Kier molecular flexibility index (Phi) is 7.25. The van der Waals surface area contributed by atoms with E-state index in [9.17, 15) is 0 Å². The van der Waals surface area contributed by atoms with Crippen LogP contribution in [0.25, 0.3) is 105 Å². The molecule has 0 radical (unpaired) electrons. The van der Waals surface area contributed by atoms with Crippen LogP contribution in [0.2, 0.25) is 0 Å². The van der Waals surface area contributed by atoms with Crippen LogP contribution in [-0.4, -0.2) is 11.4 Å². The Bertz CT molecular complexity index is 4190. The molecule has 0 bridgehead atoms. The lowest BCUT2D eigenvalue weighted by molar-refractivity contribution is 0.332. The van der Waals surface area contributed by atoms with Crippen LogP contribution in [0.15, 0.2) is 159 Å². The molecule has 1 aliphatic carbocycles. The number of hydrogen-bond acceptors (Lipinski definition) is 4. The van der Waals surface area contributed by atoms with Crippen molar-refractivity contribution in [3.63, 3.8) is 0 Å². The maximum absolute atomic E-state index is 7.02. The second kappa shape index (κ2) is 12.8. The molecule has 2 aliphatic heterocycles. The lowest BCUT2D eigenvalue weighted by Crippen LogP contribution is -2.60. The molecule has 0 atom stereocenters. The molecular formula is C62H49BN2O3. The van der Waals surface area contributed by atoms with Crippen LogP contribution < -0.4 is 15.7 Å². The summed E-state index contributed by atoms with van der Waals surface area (Å²) in [5.41, 5.74) is 20.6. The number of para-hydroxylation sites is 1. The number of anilines is 2. The van der Waals surface area contributed by atoms with E-state index in [2.05, 4.69) is 197 Å². The summed E-state index contributed by atoms with van der Waals surface area (Å²) in [7, 11) is 0. The molecule has 4 aromatic heterocycles. The fourth-order valence-corrected chi connectivity index (χ4v) is 12.6. The van der Waals surface area contributed by atoms with Crippen LogP contribution in [0.3, 0.4) is 0 Å².